The lowest BCUT2D eigenvalue weighted by atomic mass is 10.2. The van der Waals surface area contributed by atoms with Crippen LogP contribution in [0, 0.1) is 5.92 Å². The molecule has 6 nitrogen and oxygen atoms in total. The highest BCUT2D eigenvalue weighted by molar-refractivity contribution is 6.18. The first kappa shape index (κ1) is 11.9. The van der Waals surface area contributed by atoms with Crippen LogP contribution in [0.5, 0.6) is 5.88 Å². The number of nitrogens with two attached hydrogens (primary N) is 1. The molecule has 1 aromatic rings. The van der Waals surface area contributed by atoms with E-state index in [2.05, 4.69) is 9.97 Å². The van der Waals surface area contributed by atoms with Crippen molar-refractivity contribution < 1.29 is 9.53 Å². The number of nitrogens with zero attached hydrogens (tertiary/aromatic N) is 3. The molecule has 1 atom stereocenters. The van der Waals surface area contributed by atoms with Gasteiger partial charge in [0, 0.05) is 24.9 Å². The van der Waals surface area contributed by atoms with Gasteiger partial charge >= 0.3 is 0 Å². The van der Waals surface area contributed by atoms with Crippen LogP contribution in [-0.2, 0) is 4.79 Å². The van der Waals surface area contributed by atoms with Gasteiger partial charge in [-0.2, -0.15) is 9.97 Å². The van der Waals surface area contributed by atoms with Crippen molar-refractivity contribution in [3.05, 3.63) is 6.07 Å². The van der Waals surface area contributed by atoms with Crippen molar-refractivity contribution in [2.24, 2.45) is 5.92 Å². The van der Waals surface area contributed by atoms with Crippen molar-refractivity contribution in [2.75, 3.05) is 30.2 Å². The monoisotopic (exact) mass is 256 g/mol. The number of halogens is 1. The van der Waals surface area contributed by atoms with Gasteiger partial charge in [-0.3, -0.25) is 9.69 Å². The number of methoxy groups -OCH3 is 1. The van der Waals surface area contributed by atoms with Gasteiger partial charge in [0.1, 0.15) is 5.82 Å². The van der Waals surface area contributed by atoms with Gasteiger partial charge in [-0.25, -0.2) is 0 Å². The molecule has 1 saturated heterocycles. The summed E-state index contributed by atoms with van der Waals surface area (Å²) in [6.45, 7) is 0.523. The van der Waals surface area contributed by atoms with E-state index in [0.717, 1.165) is 0 Å². The predicted octanol–water partition coefficient (Wildman–Crippen LogP) is 0.659. The molecule has 1 aliphatic heterocycles. The first-order valence-electron chi connectivity index (χ1n) is 5.19. The Balaban J connectivity index is 2.28. The fraction of sp³-hybridized carbons (Fsp3) is 0.500. The topological polar surface area (TPSA) is 81.3 Å². The summed E-state index contributed by atoms with van der Waals surface area (Å²) in [6.07, 6.45) is 0.421. The van der Waals surface area contributed by atoms with E-state index in [-0.39, 0.29) is 23.6 Å². The lowest BCUT2D eigenvalue weighted by Crippen LogP contribution is -2.27. The Kier molecular flexibility index (Phi) is 3.33. The van der Waals surface area contributed by atoms with Crippen LogP contribution in [0.2, 0.25) is 0 Å². The van der Waals surface area contributed by atoms with E-state index < -0.39 is 0 Å². The van der Waals surface area contributed by atoms with Gasteiger partial charge in [-0.15, -0.1) is 11.6 Å². The first-order valence-corrected chi connectivity index (χ1v) is 5.72. The van der Waals surface area contributed by atoms with Gasteiger partial charge in [0.05, 0.1) is 7.11 Å². The number of rotatable bonds is 3. The normalized spacial score (nSPS) is 19.8. The van der Waals surface area contributed by atoms with E-state index in [1.807, 2.05) is 0 Å². The molecule has 0 bridgehead atoms. The number of nitrogen functional groups attached to an aromatic ring is 1. The summed E-state index contributed by atoms with van der Waals surface area (Å²) >= 11 is 5.75. The molecule has 2 rings (SSSR count). The minimum atomic E-state index is -0.0386. The molecule has 0 aliphatic carbocycles. The molecule has 1 unspecified atom stereocenters. The van der Waals surface area contributed by atoms with Gasteiger partial charge in [-0.1, -0.05) is 0 Å². The zero-order chi connectivity index (χ0) is 12.4. The second-order valence-corrected chi connectivity index (χ2v) is 4.17. The van der Waals surface area contributed by atoms with Crippen molar-refractivity contribution in [1.82, 2.24) is 9.97 Å². The molecule has 1 fully saturated rings. The Morgan fingerprint density at radius 1 is 1.65 bits per heavy atom. The standard InChI is InChI=1S/C10H13ClN4O2/c1-17-8-3-7(12)13-10(14-8)15-5-6(4-11)2-9(15)16/h3,6H,2,4-5H2,1H3,(H2,12,13,14). The maximum atomic E-state index is 11.8. The lowest BCUT2D eigenvalue weighted by Gasteiger charge is -2.14. The second kappa shape index (κ2) is 4.75. The number of ether oxygens (including phenoxy) is 1. The summed E-state index contributed by atoms with van der Waals surface area (Å²) in [4.78, 5) is 21.4. The number of alkyl halides is 1. The third-order valence-electron chi connectivity index (χ3n) is 2.58. The van der Waals surface area contributed by atoms with Crippen LogP contribution in [0.15, 0.2) is 6.07 Å². The molecule has 0 spiro atoms. The highest BCUT2D eigenvalue weighted by Gasteiger charge is 2.32. The Labute approximate surface area is 104 Å². The van der Waals surface area contributed by atoms with Crippen LogP contribution in [-0.4, -0.2) is 35.4 Å². The number of hydrogen-bond donors (Lipinski definition) is 1. The summed E-state index contributed by atoms with van der Waals surface area (Å²) in [6, 6.07) is 1.50. The highest BCUT2D eigenvalue weighted by Crippen LogP contribution is 2.25. The summed E-state index contributed by atoms with van der Waals surface area (Å²) in [5.74, 6) is 1.44. The largest absolute Gasteiger partial charge is 0.481 e. The van der Waals surface area contributed by atoms with E-state index in [4.69, 9.17) is 22.1 Å². The van der Waals surface area contributed by atoms with E-state index >= 15 is 0 Å². The SMILES string of the molecule is COc1cc(N)nc(N2CC(CCl)CC2=O)n1. The van der Waals surface area contributed by atoms with Gasteiger partial charge in [0.25, 0.3) is 0 Å². The van der Waals surface area contributed by atoms with Crippen LogP contribution in [0.1, 0.15) is 6.42 Å². The predicted molar refractivity (Wildman–Crippen MR) is 64.2 cm³/mol. The van der Waals surface area contributed by atoms with E-state index in [1.165, 1.54) is 18.1 Å². The molecule has 0 radical (unpaired) electrons. The molecule has 1 aromatic heterocycles. The Hall–Kier alpha value is -1.56. The van der Waals surface area contributed by atoms with Crippen LogP contribution < -0.4 is 15.4 Å². The maximum absolute atomic E-state index is 11.8. The molecule has 0 aromatic carbocycles. The van der Waals surface area contributed by atoms with E-state index in [0.29, 0.717) is 24.7 Å². The molecule has 92 valence electrons. The van der Waals surface area contributed by atoms with Crippen LogP contribution >= 0.6 is 11.6 Å². The first-order chi connectivity index (χ1) is 8.13. The van der Waals surface area contributed by atoms with Crippen molar-refractivity contribution in [2.45, 2.75) is 6.42 Å². The Morgan fingerprint density at radius 2 is 2.41 bits per heavy atom. The zero-order valence-electron chi connectivity index (χ0n) is 9.39. The molecule has 1 aliphatic rings. The molecule has 1 amide bonds. The molecule has 0 saturated carbocycles. The molecular formula is C10H13ClN4O2. The van der Waals surface area contributed by atoms with Gasteiger partial charge in [0.2, 0.25) is 17.7 Å². The molecular weight excluding hydrogens is 244 g/mol. The number of anilines is 2. The maximum Gasteiger partial charge on any atom is 0.237 e. The fourth-order valence-electron chi connectivity index (χ4n) is 1.73. The van der Waals surface area contributed by atoms with Crippen LogP contribution in [0.4, 0.5) is 11.8 Å². The molecule has 17 heavy (non-hydrogen) atoms. The smallest absolute Gasteiger partial charge is 0.237 e. The number of carbonyl (C=O) groups is 1. The number of hydrogen-bond acceptors (Lipinski definition) is 5. The number of carbonyl (C=O) groups excluding carboxylic acids is 1. The Bertz CT molecular complexity index is 440. The average molecular weight is 257 g/mol. The summed E-state index contributed by atoms with van der Waals surface area (Å²) in [5, 5.41) is 0. The summed E-state index contributed by atoms with van der Waals surface area (Å²) in [5.41, 5.74) is 5.62. The summed E-state index contributed by atoms with van der Waals surface area (Å²) in [7, 11) is 1.49. The zero-order valence-corrected chi connectivity index (χ0v) is 10.1. The second-order valence-electron chi connectivity index (χ2n) is 3.86. The van der Waals surface area contributed by atoms with E-state index in [1.54, 1.807) is 0 Å². The number of amides is 1. The highest BCUT2D eigenvalue weighted by atomic mass is 35.5. The quantitative estimate of drug-likeness (QED) is 0.804. The van der Waals surface area contributed by atoms with Crippen molar-refractivity contribution in [3.63, 3.8) is 0 Å². The minimum Gasteiger partial charge on any atom is -0.481 e. The van der Waals surface area contributed by atoms with Gasteiger partial charge in [0.15, 0.2) is 0 Å². The van der Waals surface area contributed by atoms with Gasteiger partial charge < -0.3 is 10.5 Å². The number of aromatic nitrogens is 2. The third-order valence-corrected chi connectivity index (χ3v) is 3.02. The van der Waals surface area contributed by atoms with Crippen molar-refractivity contribution in [3.8, 4) is 5.88 Å². The van der Waals surface area contributed by atoms with Crippen LogP contribution in [0.3, 0.4) is 0 Å². The molecule has 7 heteroatoms. The minimum absolute atomic E-state index is 0.0386. The van der Waals surface area contributed by atoms with Gasteiger partial charge in [-0.05, 0) is 5.92 Å². The third kappa shape index (κ3) is 2.41. The molecule has 2 N–H and O–H groups in total. The molecule has 2 heterocycles. The van der Waals surface area contributed by atoms with E-state index in [9.17, 15) is 4.79 Å². The lowest BCUT2D eigenvalue weighted by molar-refractivity contribution is -0.117. The Morgan fingerprint density at radius 3 is 3.00 bits per heavy atom. The van der Waals surface area contributed by atoms with Crippen LogP contribution in [0.25, 0.3) is 0 Å². The van der Waals surface area contributed by atoms with Crippen molar-refractivity contribution in [1.29, 1.82) is 0 Å². The summed E-state index contributed by atoms with van der Waals surface area (Å²) < 4.78 is 4.99. The van der Waals surface area contributed by atoms with Crippen molar-refractivity contribution >= 4 is 29.3 Å². The fourth-order valence-corrected chi connectivity index (χ4v) is 1.94. The average Bonchev–Trinajstić information content (AvgIpc) is 2.69.